The Balaban J connectivity index is 3.43. The Morgan fingerprint density at radius 1 is 0.688 bits per heavy atom. The van der Waals surface area contributed by atoms with Crippen LogP contribution in [0.5, 0.6) is 0 Å². The van der Waals surface area contributed by atoms with E-state index in [0.29, 0.717) is 0 Å². The standard InChI is InChI=1S/C6F10/c7-3(8)1(4(3,9)10)2(5(11,12)13)6(14,15)16. The molecule has 0 aromatic heterocycles. The van der Waals surface area contributed by atoms with Crippen LogP contribution in [0.1, 0.15) is 0 Å². The van der Waals surface area contributed by atoms with Crippen molar-refractivity contribution in [3.8, 4) is 0 Å². The van der Waals surface area contributed by atoms with E-state index in [4.69, 9.17) is 0 Å². The quantitative estimate of drug-likeness (QED) is 0.461. The molecule has 0 bridgehead atoms. The molecule has 1 aliphatic rings. The maximum absolute atomic E-state index is 12.1. The minimum Gasteiger partial charge on any atom is -0.194 e. The van der Waals surface area contributed by atoms with Gasteiger partial charge in [0.05, 0.1) is 5.57 Å². The topological polar surface area (TPSA) is 0 Å². The highest BCUT2D eigenvalue weighted by atomic mass is 19.4. The largest absolute Gasteiger partial charge is 0.421 e. The fraction of sp³-hybridized carbons (Fsp3) is 0.667. The molecule has 0 atom stereocenters. The number of alkyl halides is 10. The van der Waals surface area contributed by atoms with Crippen LogP contribution < -0.4 is 0 Å². The smallest absolute Gasteiger partial charge is 0.194 e. The van der Waals surface area contributed by atoms with E-state index in [1.165, 1.54) is 0 Å². The second-order valence-electron chi connectivity index (χ2n) is 2.89. The fourth-order valence-corrected chi connectivity index (χ4v) is 1.05. The highest BCUT2D eigenvalue weighted by Gasteiger charge is 2.85. The van der Waals surface area contributed by atoms with E-state index in [0.717, 1.165) is 0 Å². The summed E-state index contributed by atoms with van der Waals surface area (Å²) in [6.45, 7) is 0. The van der Waals surface area contributed by atoms with Gasteiger partial charge in [0.2, 0.25) is 0 Å². The van der Waals surface area contributed by atoms with Gasteiger partial charge in [-0.25, -0.2) is 0 Å². The Morgan fingerprint density at radius 2 is 0.938 bits per heavy atom. The van der Waals surface area contributed by atoms with Crippen LogP contribution in [0.25, 0.3) is 0 Å². The molecular formula is C6F10. The summed E-state index contributed by atoms with van der Waals surface area (Å²) in [6, 6.07) is 0. The monoisotopic (exact) mass is 262 g/mol. The Labute approximate surface area is 80.5 Å². The lowest BCUT2D eigenvalue weighted by Gasteiger charge is -2.13. The SMILES string of the molecule is FC(F)(F)C(=C1C(F)(F)C1(F)F)C(F)(F)F. The molecule has 94 valence electrons. The van der Waals surface area contributed by atoms with Crippen molar-refractivity contribution in [1.82, 2.24) is 0 Å². The lowest BCUT2D eigenvalue weighted by molar-refractivity contribution is -0.173. The van der Waals surface area contributed by atoms with Gasteiger partial charge in [0.25, 0.3) is 0 Å². The molecule has 0 nitrogen and oxygen atoms in total. The van der Waals surface area contributed by atoms with Gasteiger partial charge in [0.15, 0.2) is 0 Å². The van der Waals surface area contributed by atoms with E-state index in [1.807, 2.05) is 0 Å². The van der Waals surface area contributed by atoms with Crippen molar-refractivity contribution in [1.29, 1.82) is 0 Å². The van der Waals surface area contributed by atoms with Crippen molar-refractivity contribution < 1.29 is 43.9 Å². The van der Waals surface area contributed by atoms with Crippen LogP contribution in [0.2, 0.25) is 0 Å². The first-order valence-electron chi connectivity index (χ1n) is 3.39. The zero-order valence-electron chi connectivity index (χ0n) is 6.78. The van der Waals surface area contributed by atoms with Crippen molar-refractivity contribution in [3.63, 3.8) is 0 Å². The van der Waals surface area contributed by atoms with Crippen LogP contribution in [0.4, 0.5) is 43.9 Å². The van der Waals surface area contributed by atoms with Gasteiger partial charge in [-0.3, -0.25) is 0 Å². The maximum Gasteiger partial charge on any atom is 0.421 e. The summed E-state index contributed by atoms with van der Waals surface area (Å²) < 4.78 is 119. The third kappa shape index (κ3) is 1.63. The van der Waals surface area contributed by atoms with Crippen LogP contribution in [0.3, 0.4) is 0 Å². The molecule has 0 radical (unpaired) electrons. The summed E-state index contributed by atoms with van der Waals surface area (Å²) >= 11 is 0. The third-order valence-corrected chi connectivity index (χ3v) is 1.78. The van der Waals surface area contributed by atoms with Crippen LogP contribution in [0, 0.1) is 0 Å². The van der Waals surface area contributed by atoms with E-state index in [9.17, 15) is 43.9 Å². The van der Waals surface area contributed by atoms with Gasteiger partial charge >= 0.3 is 24.2 Å². The zero-order chi connectivity index (χ0) is 13.2. The number of allylic oxidation sites excluding steroid dienone is 2. The molecule has 10 heteroatoms. The normalized spacial score (nSPS) is 23.2. The average Bonchev–Trinajstić information content (AvgIpc) is 2.26. The van der Waals surface area contributed by atoms with E-state index >= 15 is 0 Å². The molecule has 1 rings (SSSR count). The Morgan fingerprint density at radius 3 is 1.00 bits per heavy atom. The Hall–Kier alpha value is -0.960. The minimum absolute atomic E-state index is 3.22. The molecule has 0 heterocycles. The fourth-order valence-electron chi connectivity index (χ4n) is 1.05. The summed E-state index contributed by atoms with van der Waals surface area (Å²) in [5, 5.41) is 0. The van der Waals surface area contributed by atoms with Crippen molar-refractivity contribution in [2.45, 2.75) is 24.2 Å². The predicted octanol–water partition coefficient (Wildman–Crippen LogP) is 3.69. The number of rotatable bonds is 0. The van der Waals surface area contributed by atoms with Crippen molar-refractivity contribution >= 4 is 0 Å². The van der Waals surface area contributed by atoms with Crippen LogP contribution in [-0.4, -0.2) is 24.2 Å². The molecule has 0 aliphatic heterocycles. The van der Waals surface area contributed by atoms with Gasteiger partial charge in [0, 0.05) is 0 Å². The lowest BCUT2D eigenvalue weighted by Crippen LogP contribution is -2.27. The van der Waals surface area contributed by atoms with Gasteiger partial charge in [-0.2, -0.15) is 43.9 Å². The van der Waals surface area contributed by atoms with Gasteiger partial charge in [-0.05, 0) is 0 Å². The second-order valence-corrected chi connectivity index (χ2v) is 2.89. The van der Waals surface area contributed by atoms with Gasteiger partial charge in [-0.15, -0.1) is 0 Å². The average molecular weight is 262 g/mol. The van der Waals surface area contributed by atoms with E-state index in [-0.39, 0.29) is 0 Å². The summed E-state index contributed by atoms with van der Waals surface area (Å²) in [6.07, 6.45) is -12.6. The van der Waals surface area contributed by atoms with Crippen molar-refractivity contribution in [3.05, 3.63) is 11.1 Å². The lowest BCUT2D eigenvalue weighted by atomic mass is 10.2. The molecule has 0 unspecified atom stereocenters. The van der Waals surface area contributed by atoms with Crippen LogP contribution >= 0.6 is 0 Å². The third-order valence-electron chi connectivity index (χ3n) is 1.78. The maximum atomic E-state index is 12.1. The number of halogens is 10. The summed E-state index contributed by atoms with van der Waals surface area (Å²) in [4.78, 5) is 0. The minimum atomic E-state index is -6.31. The first-order valence-corrected chi connectivity index (χ1v) is 3.39. The number of hydrogen-bond acceptors (Lipinski definition) is 0. The summed E-state index contributed by atoms with van der Waals surface area (Å²) in [5.41, 5.74) is -7.06. The first-order chi connectivity index (χ1) is 6.74. The van der Waals surface area contributed by atoms with E-state index in [1.54, 1.807) is 0 Å². The molecule has 1 saturated carbocycles. The van der Waals surface area contributed by atoms with Gasteiger partial charge < -0.3 is 0 Å². The van der Waals surface area contributed by atoms with E-state index in [2.05, 4.69) is 0 Å². The van der Waals surface area contributed by atoms with Crippen LogP contribution in [-0.2, 0) is 0 Å². The Bertz CT molecular complexity index is 307. The molecule has 0 saturated heterocycles. The molecule has 0 amide bonds. The van der Waals surface area contributed by atoms with Crippen molar-refractivity contribution in [2.24, 2.45) is 0 Å². The van der Waals surface area contributed by atoms with Crippen LogP contribution in [0.15, 0.2) is 11.1 Å². The zero-order valence-corrected chi connectivity index (χ0v) is 6.78. The summed E-state index contributed by atoms with van der Waals surface area (Å²) in [7, 11) is 0. The number of hydrogen-bond donors (Lipinski definition) is 0. The molecule has 16 heavy (non-hydrogen) atoms. The molecular weight excluding hydrogens is 262 g/mol. The first kappa shape index (κ1) is 13.1. The van der Waals surface area contributed by atoms with Gasteiger partial charge in [-0.1, -0.05) is 0 Å². The highest BCUT2D eigenvalue weighted by Crippen LogP contribution is 2.66. The molecule has 0 aromatic carbocycles. The Kier molecular flexibility index (Phi) is 2.32. The molecule has 1 fully saturated rings. The van der Waals surface area contributed by atoms with Gasteiger partial charge in [0.1, 0.15) is 5.57 Å². The predicted molar refractivity (Wildman–Crippen MR) is 29.0 cm³/mol. The molecule has 1 aliphatic carbocycles. The molecule has 0 aromatic rings. The highest BCUT2D eigenvalue weighted by molar-refractivity contribution is 5.51. The molecule has 0 N–H and O–H groups in total. The molecule has 0 spiro atoms. The summed E-state index contributed by atoms with van der Waals surface area (Å²) in [5.74, 6) is -10.8. The van der Waals surface area contributed by atoms with Crippen molar-refractivity contribution in [2.75, 3.05) is 0 Å². The van der Waals surface area contributed by atoms with E-state index < -0.39 is 35.3 Å². The second kappa shape index (κ2) is 2.83.